The minimum absolute atomic E-state index is 0.0506. The number of hydrogen-bond acceptors (Lipinski definition) is 12. The van der Waals surface area contributed by atoms with Crippen molar-refractivity contribution in [1.29, 1.82) is 0 Å². The quantitative estimate of drug-likeness (QED) is 0.0318. The van der Waals surface area contributed by atoms with E-state index in [1.165, 1.54) is 32.5 Å². The summed E-state index contributed by atoms with van der Waals surface area (Å²) < 4.78 is 47.2. The van der Waals surface area contributed by atoms with Gasteiger partial charge in [-0.2, -0.15) is 12.7 Å². The number of hydrogen-bond donors (Lipinski definition) is 5. The SMILES string of the molecule is C=C(C)[C@@H]1CCC(C)=C[C@H]1c1c(C)cc(CCCCC)cc1OC(=NC)OC1[C@H](NC(=O)/C(=N\OC(C)(C)C(=O)O)C2=CCC(C)(N)N2)C(=O)N1S(=O)(=O)O. The van der Waals surface area contributed by atoms with Crippen LogP contribution in [-0.2, 0) is 40.7 Å². The van der Waals surface area contributed by atoms with Gasteiger partial charge in [-0.05, 0) is 90.3 Å². The molecule has 0 spiro atoms. The van der Waals surface area contributed by atoms with E-state index in [9.17, 15) is 32.5 Å². The monoisotopic (exact) mass is 786 g/mol. The van der Waals surface area contributed by atoms with Crippen LogP contribution in [0.2, 0.25) is 0 Å². The first-order valence-electron chi connectivity index (χ1n) is 18.3. The fraction of sp³-hybridized carbons (Fsp3) is 0.553. The molecule has 0 bridgehead atoms. The minimum Gasteiger partial charge on any atom is -0.478 e. The molecule has 16 nitrogen and oxygen atoms in total. The number of ether oxygens (including phenoxy) is 2. The Labute approximate surface area is 322 Å². The summed E-state index contributed by atoms with van der Waals surface area (Å²) in [5.74, 6) is -3.26. The van der Waals surface area contributed by atoms with Crippen molar-refractivity contribution in [1.82, 2.24) is 14.9 Å². The van der Waals surface area contributed by atoms with E-state index < -0.39 is 63.4 Å². The summed E-state index contributed by atoms with van der Waals surface area (Å²) in [6, 6.07) is 2.32. The number of allylic oxidation sites excluding steroid dienone is 3. The lowest BCUT2D eigenvalue weighted by molar-refractivity contribution is -0.161. The Morgan fingerprint density at radius 2 is 1.93 bits per heavy atom. The summed E-state index contributed by atoms with van der Waals surface area (Å²) in [5, 5.41) is 18.6. The molecule has 1 saturated heterocycles. The number of rotatable bonds is 15. The molecule has 5 atom stereocenters. The van der Waals surface area contributed by atoms with Crippen LogP contribution >= 0.6 is 0 Å². The Kier molecular flexibility index (Phi) is 13.3. The maximum absolute atomic E-state index is 13.7. The van der Waals surface area contributed by atoms with Crippen LogP contribution in [0.5, 0.6) is 5.75 Å². The highest BCUT2D eigenvalue weighted by Crippen LogP contribution is 2.45. The first kappa shape index (κ1) is 43.0. The average molecular weight is 787 g/mol. The van der Waals surface area contributed by atoms with Crippen molar-refractivity contribution in [2.75, 3.05) is 7.05 Å². The molecule has 3 aliphatic rings. The predicted molar refractivity (Wildman–Crippen MR) is 206 cm³/mol. The summed E-state index contributed by atoms with van der Waals surface area (Å²) in [6.07, 6.45) is 7.30. The lowest BCUT2D eigenvalue weighted by Crippen LogP contribution is -2.73. The fourth-order valence-corrected chi connectivity index (χ4v) is 7.50. The van der Waals surface area contributed by atoms with Crippen LogP contribution < -0.4 is 21.1 Å². The number of unbranched alkanes of at least 4 members (excludes halogenated alkanes) is 2. The first-order chi connectivity index (χ1) is 25.6. The molecule has 2 heterocycles. The third-order valence-corrected chi connectivity index (χ3v) is 10.7. The number of nitrogens with one attached hydrogen (secondary N) is 2. The number of aliphatic carboxylic acids is 1. The van der Waals surface area contributed by atoms with Gasteiger partial charge in [-0.25, -0.2) is 9.79 Å². The zero-order chi connectivity index (χ0) is 41.0. The highest BCUT2D eigenvalue weighted by atomic mass is 32.2. The van der Waals surface area contributed by atoms with E-state index >= 15 is 0 Å². The van der Waals surface area contributed by atoms with Gasteiger partial charge in [0.15, 0.2) is 11.8 Å². The van der Waals surface area contributed by atoms with E-state index in [2.05, 4.69) is 53.4 Å². The van der Waals surface area contributed by atoms with Crippen LogP contribution in [0.15, 0.2) is 57.9 Å². The number of carbonyl (C=O) groups excluding carboxylic acids is 2. The van der Waals surface area contributed by atoms with Crippen molar-refractivity contribution in [3.05, 3.63) is 64.4 Å². The smallest absolute Gasteiger partial charge is 0.390 e. The fourth-order valence-electron chi connectivity index (χ4n) is 6.73. The van der Waals surface area contributed by atoms with Crippen LogP contribution in [0.1, 0.15) is 103 Å². The van der Waals surface area contributed by atoms with Gasteiger partial charge >= 0.3 is 22.4 Å². The minimum atomic E-state index is -5.21. The molecule has 55 heavy (non-hydrogen) atoms. The molecule has 2 aliphatic heterocycles. The second-order valence-corrected chi connectivity index (χ2v) is 16.5. The topological polar surface area (TPSA) is 232 Å². The third kappa shape index (κ3) is 10.1. The first-order valence-corrected chi connectivity index (χ1v) is 19.7. The maximum Gasteiger partial charge on any atom is 0.390 e. The number of carboxylic acids is 1. The van der Waals surface area contributed by atoms with Gasteiger partial charge in [0.05, 0.1) is 11.4 Å². The van der Waals surface area contributed by atoms with Gasteiger partial charge in [0.2, 0.25) is 11.8 Å². The van der Waals surface area contributed by atoms with Crippen molar-refractivity contribution in [3.63, 3.8) is 0 Å². The van der Waals surface area contributed by atoms with Crippen molar-refractivity contribution < 1.29 is 46.8 Å². The molecule has 0 aromatic heterocycles. The molecular formula is C38H54N6O10S. The summed E-state index contributed by atoms with van der Waals surface area (Å²) >= 11 is 0. The Morgan fingerprint density at radius 3 is 2.49 bits per heavy atom. The molecule has 2 unspecified atom stereocenters. The Bertz CT molecular complexity index is 1930. The Hall–Kier alpha value is -4.74. The third-order valence-electron chi connectivity index (χ3n) is 9.83. The molecule has 4 rings (SSSR count). The van der Waals surface area contributed by atoms with Crippen LogP contribution in [0.3, 0.4) is 0 Å². The van der Waals surface area contributed by atoms with Gasteiger partial charge < -0.3 is 35.8 Å². The molecule has 6 N–H and O–H groups in total. The molecule has 1 aromatic carbocycles. The number of aliphatic imine (C=N–C) groups is 1. The van der Waals surface area contributed by atoms with E-state index in [1.54, 1.807) is 6.92 Å². The predicted octanol–water partition coefficient (Wildman–Crippen LogP) is 4.37. The molecule has 302 valence electrons. The molecule has 2 amide bonds. The van der Waals surface area contributed by atoms with Gasteiger partial charge in [0.1, 0.15) is 5.75 Å². The number of nitrogens with two attached hydrogens (primary N) is 1. The number of benzene rings is 1. The number of amides is 2. The van der Waals surface area contributed by atoms with Crippen molar-refractivity contribution in [3.8, 4) is 5.75 Å². The molecular weight excluding hydrogens is 733 g/mol. The lowest BCUT2D eigenvalue weighted by Gasteiger charge is -2.43. The van der Waals surface area contributed by atoms with Crippen LogP contribution in [-0.4, -0.2) is 82.5 Å². The second-order valence-electron chi connectivity index (χ2n) is 15.2. The van der Waals surface area contributed by atoms with Crippen molar-refractivity contribution in [2.24, 2.45) is 21.8 Å². The largest absolute Gasteiger partial charge is 0.478 e. The maximum atomic E-state index is 13.7. The van der Waals surface area contributed by atoms with E-state index in [-0.39, 0.29) is 28.3 Å². The zero-order valence-electron chi connectivity index (χ0n) is 32.8. The van der Waals surface area contributed by atoms with Gasteiger partial charge in [-0.1, -0.05) is 60.9 Å². The highest BCUT2D eigenvalue weighted by molar-refractivity contribution is 7.84. The Balaban J connectivity index is 1.70. The number of carboxylic acid groups (broad SMARTS) is 1. The van der Waals surface area contributed by atoms with E-state index in [4.69, 9.17) is 20.0 Å². The number of oxime groups is 1. The van der Waals surface area contributed by atoms with Gasteiger partial charge in [0.25, 0.3) is 11.8 Å². The summed E-state index contributed by atoms with van der Waals surface area (Å²) in [5.41, 5.74) is 7.97. The number of nitrogens with zero attached hydrogens (tertiary/aromatic N) is 3. The van der Waals surface area contributed by atoms with E-state index in [0.717, 1.165) is 60.8 Å². The van der Waals surface area contributed by atoms with Crippen molar-refractivity contribution in [2.45, 2.75) is 123 Å². The molecule has 1 aromatic rings. The standard InChI is InChI=1S/C38H54N6O10S/c1-10-11-12-13-24-19-23(5)29(26-18-22(4)14-15-25(26)21(2)3)28(20-24)52-36(40-9)53-34-31(33(46)44(34)55(49,50)51)41-32(45)30(27-16-17-38(8,39)42-27)43-54-37(6,7)35(47)48/h16,18-20,25-26,31,34,42H,2,10-15,17,39H2,1,3-9H3,(H,41,45)(H,47,48)(H,49,50,51)/b40-36?,43-30-/t25-,26+,31+,34?,38?/m0/s1. The van der Waals surface area contributed by atoms with Crippen molar-refractivity contribution >= 4 is 39.9 Å². The van der Waals surface area contributed by atoms with Gasteiger partial charge in [-0.3, -0.25) is 14.1 Å². The van der Waals surface area contributed by atoms with Crippen LogP contribution in [0.25, 0.3) is 0 Å². The van der Waals surface area contributed by atoms with Crippen LogP contribution in [0, 0.1) is 12.8 Å². The number of aryl methyl sites for hydroxylation is 2. The lowest BCUT2D eigenvalue weighted by atomic mass is 9.73. The summed E-state index contributed by atoms with van der Waals surface area (Å²) in [7, 11) is -3.86. The number of carbonyl (C=O) groups is 3. The average Bonchev–Trinajstić information content (AvgIpc) is 3.44. The van der Waals surface area contributed by atoms with Gasteiger partial charge in [-0.15, -0.1) is 0 Å². The molecule has 1 aliphatic carbocycles. The molecule has 1 fully saturated rings. The molecule has 0 radical (unpaired) electrons. The normalized spacial score (nSPS) is 24.6. The zero-order valence-corrected chi connectivity index (χ0v) is 33.6. The highest BCUT2D eigenvalue weighted by Gasteiger charge is 2.57. The van der Waals surface area contributed by atoms with E-state index in [1.807, 2.05) is 19.9 Å². The summed E-state index contributed by atoms with van der Waals surface area (Å²) in [4.78, 5) is 48.0. The molecule has 17 heteroatoms. The van der Waals surface area contributed by atoms with Gasteiger partial charge in [0, 0.05) is 24.9 Å². The molecule has 0 saturated carbocycles. The second kappa shape index (κ2) is 17.0. The van der Waals surface area contributed by atoms with E-state index in [0.29, 0.717) is 5.75 Å². The van der Waals surface area contributed by atoms with Crippen LogP contribution in [0.4, 0.5) is 0 Å². The number of β-lactam (4-membered cyclic amide) rings is 1. The Morgan fingerprint density at radius 1 is 1.24 bits per heavy atom. The summed E-state index contributed by atoms with van der Waals surface area (Å²) in [6.45, 7) is 16.5.